The van der Waals surface area contributed by atoms with Crippen molar-refractivity contribution in [3.8, 4) is 0 Å². The highest BCUT2D eigenvalue weighted by molar-refractivity contribution is 7.98. The van der Waals surface area contributed by atoms with E-state index in [0.717, 1.165) is 10.8 Å². The minimum Gasteiger partial charge on any atom is -0.383 e. The molecule has 0 aliphatic heterocycles. The molecule has 0 spiro atoms. The van der Waals surface area contributed by atoms with Crippen molar-refractivity contribution >= 4 is 23.5 Å². The molecule has 2 aromatic rings. The van der Waals surface area contributed by atoms with Gasteiger partial charge in [0.2, 0.25) is 5.95 Å². The Bertz CT molecular complexity index is 477. The van der Waals surface area contributed by atoms with Crippen molar-refractivity contribution in [2.45, 2.75) is 24.6 Å². The van der Waals surface area contributed by atoms with Gasteiger partial charge in [-0.3, -0.25) is 0 Å². The molecule has 0 bridgehead atoms. The van der Waals surface area contributed by atoms with Crippen LogP contribution in [0, 0.1) is 13.8 Å². The zero-order valence-electron chi connectivity index (χ0n) is 10.5. The standard InChI is InChI=1S/C13H16N4S/c1-8-3-9(2)5-10(4-8)7-18-12-6-11(14)16-13(15)17-12/h3-6H,7H2,1-2H3,(H4,14,15,16,17). The van der Waals surface area contributed by atoms with Gasteiger partial charge in [-0.2, -0.15) is 4.98 Å². The van der Waals surface area contributed by atoms with E-state index in [-0.39, 0.29) is 5.95 Å². The molecule has 4 N–H and O–H groups in total. The van der Waals surface area contributed by atoms with Crippen LogP contribution in [0.3, 0.4) is 0 Å². The van der Waals surface area contributed by atoms with Crippen LogP contribution in [0.15, 0.2) is 29.3 Å². The second-order valence-electron chi connectivity index (χ2n) is 4.27. The molecule has 0 radical (unpaired) electrons. The topological polar surface area (TPSA) is 77.8 Å². The maximum Gasteiger partial charge on any atom is 0.223 e. The number of rotatable bonds is 3. The molecular weight excluding hydrogens is 244 g/mol. The van der Waals surface area contributed by atoms with Crippen LogP contribution in [-0.4, -0.2) is 9.97 Å². The predicted molar refractivity (Wildman–Crippen MR) is 76.3 cm³/mol. The summed E-state index contributed by atoms with van der Waals surface area (Å²) in [5.41, 5.74) is 15.0. The molecule has 0 unspecified atom stereocenters. The highest BCUT2D eigenvalue weighted by Gasteiger charge is 2.02. The first kappa shape index (κ1) is 12.7. The molecule has 5 heteroatoms. The lowest BCUT2D eigenvalue weighted by Crippen LogP contribution is -2.00. The molecule has 0 saturated carbocycles. The first-order valence-corrected chi connectivity index (χ1v) is 6.61. The van der Waals surface area contributed by atoms with Gasteiger partial charge in [0.15, 0.2) is 0 Å². The number of aromatic nitrogens is 2. The van der Waals surface area contributed by atoms with Crippen molar-refractivity contribution in [2.24, 2.45) is 0 Å². The fraction of sp³-hybridized carbons (Fsp3) is 0.231. The Kier molecular flexibility index (Phi) is 3.72. The highest BCUT2D eigenvalue weighted by Crippen LogP contribution is 2.23. The molecule has 0 fully saturated rings. The summed E-state index contributed by atoms with van der Waals surface area (Å²) >= 11 is 1.61. The Morgan fingerprint density at radius 2 is 1.67 bits per heavy atom. The maximum absolute atomic E-state index is 5.63. The first-order chi connectivity index (χ1) is 8.52. The van der Waals surface area contributed by atoms with E-state index in [2.05, 4.69) is 42.0 Å². The van der Waals surface area contributed by atoms with Gasteiger partial charge in [-0.15, -0.1) is 11.8 Å². The smallest absolute Gasteiger partial charge is 0.223 e. The molecule has 1 heterocycles. The predicted octanol–water partition coefficient (Wildman–Crippen LogP) is 2.55. The number of nitrogen functional groups attached to an aromatic ring is 2. The second kappa shape index (κ2) is 5.27. The molecule has 1 aromatic heterocycles. The Morgan fingerprint density at radius 1 is 1.00 bits per heavy atom. The molecule has 1 aromatic carbocycles. The number of nitrogens with two attached hydrogens (primary N) is 2. The van der Waals surface area contributed by atoms with Crippen molar-refractivity contribution < 1.29 is 0 Å². The summed E-state index contributed by atoms with van der Waals surface area (Å²) in [6.45, 7) is 4.20. The van der Waals surface area contributed by atoms with Crippen LogP contribution in [-0.2, 0) is 5.75 Å². The van der Waals surface area contributed by atoms with Crippen LogP contribution in [0.2, 0.25) is 0 Å². The minimum absolute atomic E-state index is 0.220. The molecule has 94 valence electrons. The third-order valence-corrected chi connectivity index (χ3v) is 3.39. The van der Waals surface area contributed by atoms with Crippen LogP contribution >= 0.6 is 11.8 Å². The van der Waals surface area contributed by atoms with Gasteiger partial charge in [0.1, 0.15) is 10.8 Å². The van der Waals surface area contributed by atoms with Crippen molar-refractivity contribution in [2.75, 3.05) is 11.5 Å². The SMILES string of the molecule is Cc1cc(C)cc(CSc2cc(N)nc(N)n2)c1. The highest BCUT2D eigenvalue weighted by atomic mass is 32.2. The summed E-state index contributed by atoms with van der Waals surface area (Å²) in [7, 11) is 0. The number of hydrogen-bond acceptors (Lipinski definition) is 5. The molecule has 0 amide bonds. The molecule has 0 aliphatic rings. The zero-order chi connectivity index (χ0) is 13.1. The van der Waals surface area contributed by atoms with Gasteiger partial charge in [-0.1, -0.05) is 29.3 Å². The second-order valence-corrected chi connectivity index (χ2v) is 5.27. The van der Waals surface area contributed by atoms with Crippen molar-refractivity contribution in [1.82, 2.24) is 9.97 Å². The van der Waals surface area contributed by atoms with Gasteiger partial charge in [0, 0.05) is 11.8 Å². The lowest BCUT2D eigenvalue weighted by molar-refractivity contribution is 1.07. The van der Waals surface area contributed by atoms with E-state index in [1.54, 1.807) is 17.8 Å². The van der Waals surface area contributed by atoms with Gasteiger partial charge in [-0.05, 0) is 19.4 Å². The normalized spacial score (nSPS) is 10.6. The lowest BCUT2D eigenvalue weighted by atomic mass is 10.1. The molecule has 4 nitrogen and oxygen atoms in total. The molecule has 18 heavy (non-hydrogen) atoms. The minimum atomic E-state index is 0.220. The Hall–Kier alpha value is -1.75. The Labute approximate surface area is 111 Å². The molecular formula is C13H16N4S. The van der Waals surface area contributed by atoms with Gasteiger partial charge in [0.05, 0.1) is 0 Å². The number of nitrogens with zero attached hydrogens (tertiary/aromatic N) is 2. The Balaban J connectivity index is 2.11. The number of thioether (sulfide) groups is 1. The van der Waals surface area contributed by atoms with Crippen molar-refractivity contribution in [1.29, 1.82) is 0 Å². The quantitative estimate of drug-likeness (QED) is 0.655. The molecule has 0 saturated heterocycles. The van der Waals surface area contributed by atoms with Crippen molar-refractivity contribution in [3.05, 3.63) is 41.0 Å². The number of hydrogen-bond donors (Lipinski definition) is 2. The largest absolute Gasteiger partial charge is 0.383 e. The van der Waals surface area contributed by atoms with Crippen LogP contribution < -0.4 is 11.5 Å². The first-order valence-electron chi connectivity index (χ1n) is 5.63. The van der Waals surface area contributed by atoms with E-state index in [4.69, 9.17) is 11.5 Å². The van der Waals surface area contributed by atoms with Crippen LogP contribution in [0.25, 0.3) is 0 Å². The van der Waals surface area contributed by atoms with Gasteiger partial charge in [0.25, 0.3) is 0 Å². The molecule has 2 rings (SSSR count). The summed E-state index contributed by atoms with van der Waals surface area (Å²) in [4.78, 5) is 7.99. The number of benzene rings is 1. The van der Waals surface area contributed by atoms with E-state index in [9.17, 15) is 0 Å². The van der Waals surface area contributed by atoms with Crippen LogP contribution in [0.4, 0.5) is 11.8 Å². The fourth-order valence-electron chi connectivity index (χ4n) is 1.84. The molecule has 0 atom stereocenters. The summed E-state index contributed by atoms with van der Waals surface area (Å²) < 4.78 is 0. The maximum atomic E-state index is 5.63. The zero-order valence-corrected chi connectivity index (χ0v) is 11.3. The van der Waals surface area contributed by atoms with E-state index in [1.165, 1.54) is 16.7 Å². The van der Waals surface area contributed by atoms with Crippen LogP contribution in [0.5, 0.6) is 0 Å². The summed E-state index contributed by atoms with van der Waals surface area (Å²) in [5.74, 6) is 1.47. The summed E-state index contributed by atoms with van der Waals surface area (Å²) in [6.07, 6.45) is 0. The summed E-state index contributed by atoms with van der Waals surface area (Å²) in [5, 5.41) is 0.805. The number of anilines is 2. The van der Waals surface area contributed by atoms with Crippen molar-refractivity contribution in [3.63, 3.8) is 0 Å². The molecule has 0 aliphatic carbocycles. The number of aryl methyl sites for hydroxylation is 2. The third kappa shape index (κ3) is 3.37. The lowest BCUT2D eigenvalue weighted by Gasteiger charge is -2.05. The van der Waals surface area contributed by atoms with Gasteiger partial charge < -0.3 is 11.5 Å². The Morgan fingerprint density at radius 3 is 2.28 bits per heavy atom. The average molecular weight is 260 g/mol. The van der Waals surface area contributed by atoms with E-state index in [1.807, 2.05) is 0 Å². The monoisotopic (exact) mass is 260 g/mol. The van der Waals surface area contributed by atoms with E-state index < -0.39 is 0 Å². The van der Waals surface area contributed by atoms with Gasteiger partial charge in [-0.25, -0.2) is 4.98 Å². The summed E-state index contributed by atoms with van der Waals surface area (Å²) in [6, 6.07) is 8.25. The van der Waals surface area contributed by atoms with E-state index >= 15 is 0 Å². The third-order valence-electron chi connectivity index (χ3n) is 2.41. The average Bonchev–Trinajstić information content (AvgIpc) is 2.23. The van der Waals surface area contributed by atoms with E-state index in [0.29, 0.717) is 5.82 Å². The van der Waals surface area contributed by atoms with Gasteiger partial charge >= 0.3 is 0 Å². The van der Waals surface area contributed by atoms with Crippen LogP contribution in [0.1, 0.15) is 16.7 Å². The fourth-order valence-corrected chi connectivity index (χ4v) is 2.69.